The smallest absolute Gasteiger partial charge is 0.383 e. The zero-order chi connectivity index (χ0) is 19.4. The maximum atomic E-state index is 13.2. The van der Waals surface area contributed by atoms with Gasteiger partial charge in [-0.05, 0) is 25.8 Å². The molecule has 1 fully saturated rings. The van der Waals surface area contributed by atoms with Crippen molar-refractivity contribution in [2.75, 3.05) is 24.2 Å². The van der Waals surface area contributed by atoms with E-state index in [2.05, 4.69) is 36.1 Å². The van der Waals surface area contributed by atoms with Gasteiger partial charge in [-0.1, -0.05) is 0 Å². The monoisotopic (exact) mass is 378 g/mol. The van der Waals surface area contributed by atoms with Crippen LogP contribution in [0.25, 0.3) is 0 Å². The molecule has 1 saturated carbocycles. The van der Waals surface area contributed by atoms with Crippen molar-refractivity contribution in [2.45, 2.75) is 25.1 Å². The Hall–Kier alpha value is -3.00. The SMILES string of the molecule is CNC1CC(CNc2cc(Nc3cnc(C#N)cn3)nnc2C(F)(F)F)C1. The first-order valence-electron chi connectivity index (χ1n) is 8.24. The van der Waals surface area contributed by atoms with Crippen LogP contribution in [-0.2, 0) is 6.18 Å². The third-order valence-electron chi connectivity index (χ3n) is 4.31. The second kappa shape index (κ2) is 7.71. The summed E-state index contributed by atoms with van der Waals surface area (Å²) in [4.78, 5) is 7.78. The Balaban J connectivity index is 1.74. The van der Waals surface area contributed by atoms with Crippen molar-refractivity contribution in [3.05, 3.63) is 29.8 Å². The van der Waals surface area contributed by atoms with Crippen LogP contribution in [0.5, 0.6) is 0 Å². The van der Waals surface area contributed by atoms with Crippen LogP contribution in [0.2, 0.25) is 0 Å². The molecule has 0 aliphatic heterocycles. The Labute approximate surface area is 153 Å². The van der Waals surface area contributed by atoms with Crippen molar-refractivity contribution in [1.29, 1.82) is 5.26 Å². The van der Waals surface area contributed by atoms with Gasteiger partial charge in [0.1, 0.15) is 11.9 Å². The van der Waals surface area contributed by atoms with Crippen LogP contribution in [-0.4, -0.2) is 39.8 Å². The third-order valence-corrected chi connectivity index (χ3v) is 4.31. The second-order valence-electron chi connectivity index (χ2n) is 6.22. The summed E-state index contributed by atoms with van der Waals surface area (Å²) in [5, 5.41) is 24.3. The van der Waals surface area contributed by atoms with E-state index in [1.807, 2.05) is 13.1 Å². The maximum absolute atomic E-state index is 13.2. The molecule has 3 rings (SSSR count). The van der Waals surface area contributed by atoms with Crippen molar-refractivity contribution in [2.24, 2.45) is 5.92 Å². The standard InChI is InChI=1S/C16H17F3N8/c1-21-10-2-9(3-10)6-23-12-4-13(26-27-15(12)16(17,18)19)25-14-8-22-11(5-20)7-24-14/h4,7-10,21H,2-3,6H2,1H3,(H2,23,24,25,26). The first kappa shape index (κ1) is 18.8. The van der Waals surface area contributed by atoms with Crippen LogP contribution in [0.1, 0.15) is 24.2 Å². The van der Waals surface area contributed by atoms with E-state index >= 15 is 0 Å². The normalized spacial score (nSPS) is 19.1. The molecule has 0 aromatic carbocycles. The minimum Gasteiger partial charge on any atom is -0.383 e. The Morgan fingerprint density at radius 3 is 2.56 bits per heavy atom. The maximum Gasteiger partial charge on any atom is 0.437 e. The Bertz CT molecular complexity index is 825. The summed E-state index contributed by atoms with van der Waals surface area (Å²) in [5.41, 5.74) is -1.08. The fraction of sp³-hybridized carbons (Fsp3) is 0.438. The number of alkyl halides is 3. The number of rotatable bonds is 6. The van der Waals surface area contributed by atoms with E-state index in [-0.39, 0.29) is 23.0 Å². The number of halogens is 3. The molecule has 1 aliphatic rings. The van der Waals surface area contributed by atoms with Crippen LogP contribution < -0.4 is 16.0 Å². The molecule has 11 heteroatoms. The lowest BCUT2D eigenvalue weighted by Crippen LogP contribution is -2.41. The van der Waals surface area contributed by atoms with Crippen LogP contribution in [0, 0.1) is 17.2 Å². The number of anilines is 3. The molecular formula is C16H17F3N8. The van der Waals surface area contributed by atoms with Gasteiger partial charge >= 0.3 is 6.18 Å². The van der Waals surface area contributed by atoms with Gasteiger partial charge in [-0.2, -0.15) is 18.4 Å². The number of hydrogen-bond donors (Lipinski definition) is 3. The largest absolute Gasteiger partial charge is 0.437 e. The van der Waals surface area contributed by atoms with E-state index in [0.29, 0.717) is 18.5 Å². The first-order valence-corrected chi connectivity index (χ1v) is 8.24. The molecule has 0 amide bonds. The van der Waals surface area contributed by atoms with E-state index in [9.17, 15) is 13.2 Å². The minimum absolute atomic E-state index is 0.0891. The second-order valence-corrected chi connectivity index (χ2v) is 6.22. The molecule has 2 aromatic rings. The highest BCUT2D eigenvalue weighted by atomic mass is 19.4. The Kier molecular flexibility index (Phi) is 5.36. The molecule has 3 N–H and O–H groups in total. The average Bonchev–Trinajstić information content (AvgIpc) is 2.60. The van der Waals surface area contributed by atoms with Crippen molar-refractivity contribution in [1.82, 2.24) is 25.5 Å². The number of nitrogens with one attached hydrogen (secondary N) is 3. The van der Waals surface area contributed by atoms with Crippen LogP contribution in [0.4, 0.5) is 30.5 Å². The van der Waals surface area contributed by atoms with Gasteiger partial charge < -0.3 is 16.0 Å². The lowest BCUT2D eigenvalue weighted by Gasteiger charge is -2.35. The van der Waals surface area contributed by atoms with Crippen molar-refractivity contribution in [3.63, 3.8) is 0 Å². The average molecular weight is 378 g/mol. The highest BCUT2D eigenvalue weighted by molar-refractivity contribution is 5.60. The van der Waals surface area contributed by atoms with Gasteiger partial charge in [0, 0.05) is 18.7 Å². The summed E-state index contributed by atoms with van der Waals surface area (Å²) in [7, 11) is 1.87. The lowest BCUT2D eigenvalue weighted by molar-refractivity contribution is -0.141. The number of hydrogen-bond acceptors (Lipinski definition) is 8. The van der Waals surface area contributed by atoms with Gasteiger partial charge in [0.25, 0.3) is 0 Å². The molecule has 2 aromatic heterocycles. The minimum atomic E-state index is -4.62. The molecule has 142 valence electrons. The van der Waals surface area contributed by atoms with Crippen molar-refractivity contribution < 1.29 is 13.2 Å². The number of nitriles is 1. The van der Waals surface area contributed by atoms with Gasteiger partial charge in [-0.3, -0.25) is 0 Å². The fourth-order valence-electron chi connectivity index (χ4n) is 2.77. The topological polar surface area (TPSA) is 111 Å². The zero-order valence-electron chi connectivity index (χ0n) is 14.4. The van der Waals surface area contributed by atoms with Gasteiger partial charge in [-0.15, -0.1) is 10.2 Å². The zero-order valence-corrected chi connectivity index (χ0v) is 14.4. The van der Waals surface area contributed by atoms with Gasteiger partial charge in [0.15, 0.2) is 17.2 Å². The van der Waals surface area contributed by atoms with E-state index in [0.717, 1.165) is 12.8 Å². The Morgan fingerprint density at radius 1 is 1.19 bits per heavy atom. The van der Waals surface area contributed by atoms with E-state index in [1.54, 1.807) is 0 Å². The molecule has 0 unspecified atom stereocenters. The Morgan fingerprint density at radius 2 is 1.96 bits per heavy atom. The summed E-state index contributed by atoms with van der Waals surface area (Å²) < 4.78 is 39.6. The van der Waals surface area contributed by atoms with Gasteiger partial charge in [0.2, 0.25) is 0 Å². The van der Waals surface area contributed by atoms with Gasteiger partial charge in [-0.25, -0.2) is 9.97 Å². The molecule has 0 atom stereocenters. The predicted octanol–water partition coefficient (Wildman–Crippen LogP) is 2.31. The first-order chi connectivity index (χ1) is 12.9. The quantitative estimate of drug-likeness (QED) is 0.702. The molecule has 0 bridgehead atoms. The summed E-state index contributed by atoms with van der Waals surface area (Å²) in [5.74, 6) is 0.633. The lowest BCUT2D eigenvalue weighted by atomic mass is 9.80. The predicted molar refractivity (Wildman–Crippen MR) is 91.1 cm³/mol. The molecule has 0 radical (unpaired) electrons. The molecule has 2 heterocycles. The van der Waals surface area contributed by atoms with Crippen molar-refractivity contribution >= 4 is 17.3 Å². The van der Waals surface area contributed by atoms with Gasteiger partial charge in [0.05, 0.1) is 18.1 Å². The third kappa shape index (κ3) is 4.59. The summed E-state index contributed by atoms with van der Waals surface area (Å²) >= 11 is 0. The van der Waals surface area contributed by atoms with Crippen LogP contribution in [0.3, 0.4) is 0 Å². The highest BCUT2D eigenvalue weighted by Gasteiger charge is 2.37. The number of aromatic nitrogens is 4. The summed E-state index contributed by atoms with van der Waals surface area (Å²) in [6.07, 6.45) is -0.259. The molecule has 1 aliphatic carbocycles. The van der Waals surface area contributed by atoms with Crippen molar-refractivity contribution in [3.8, 4) is 6.07 Å². The molecule has 0 spiro atoms. The molecular weight excluding hydrogens is 361 g/mol. The van der Waals surface area contributed by atoms with E-state index < -0.39 is 11.9 Å². The summed E-state index contributed by atoms with van der Waals surface area (Å²) in [6.45, 7) is 0.420. The fourth-order valence-corrected chi connectivity index (χ4v) is 2.77. The molecule has 8 nitrogen and oxygen atoms in total. The molecule has 0 saturated heterocycles. The molecule has 27 heavy (non-hydrogen) atoms. The summed E-state index contributed by atoms with van der Waals surface area (Å²) in [6, 6.07) is 3.49. The van der Waals surface area contributed by atoms with E-state index in [4.69, 9.17) is 5.26 Å². The number of nitrogens with zero attached hydrogens (tertiary/aromatic N) is 5. The van der Waals surface area contributed by atoms with E-state index in [1.165, 1.54) is 18.5 Å². The highest BCUT2D eigenvalue weighted by Crippen LogP contribution is 2.35. The van der Waals surface area contributed by atoms with Crippen LogP contribution in [0.15, 0.2) is 18.5 Å². The van der Waals surface area contributed by atoms with Crippen LogP contribution >= 0.6 is 0 Å².